The molecule has 2 amide bonds. The SMILES string of the molecule is C=C(C)COc1cccc(NC(=O)N(CCC)Cc2ccccc2O)c1. The first kappa shape index (κ1) is 19.4. The molecule has 0 radical (unpaired) electrons. The van der Waals surface area contributed by atoms with E-state index in [-0.39, 0.29) is 11.8 Å². The monoisotopic (exact) mass is 354 g/mol. The van der Waals surface area contributed by atoms with Crippen molar-refractivity contribution in [3.8, 4) is 11.5 Å². The molecule has 0 aromatic heterocycles. The lowest BCUT2D eigenvalue weighted by atomic mass is 10.2. The van der Waals surface area contributed by atoms with Crippen LogP contribution < -0.4 is 10.1 Å². The number of ether oxygens (including phenoxy) is 1. The Morgan fingerprint density at radius 3 is 2.69 bits per heavy atom. The molecule has 0 aliphatic carbocycles. The van der Waals surface area contributed by atoms with E-state index in [2.05, 4.69) is 11.9 Å². The number of aromatic hydroxyl groups is 1. The predicted molar refractivity (Wildman–Crippen MR) is 105 cm³/mol. The number of phenols is 1. The normalized spacial score (nSPS) is 10.2. The molecular formula is C21H26N2O3. The van der Waals surface area contributed by atoms with Crippen molar-refractivity contribution in [3.05, 3.63) is 66.2 Å². The molecule has 0 heterocycles. The molecule has 5 nitrogen and oxygen atoms in total. The highest BCUT2D eigenvalue weighted by molar-refractivity contribution is 5.89. The zero-order valence-electron chi connectivity index (χ0n) is 15.4. The maximum atomic E-state index is 12.7. The minimum Gasteiger partial charge on any atom is -0.508 e. The number of anilines is 1. The number of para-hydroxylation sites is 1. The van der Waals surface area contributed by atoms with E-state index in [0.717, 1.165) is 17.6 Å². The van der Waals surface area contributed by atoms with E-state index >= 15 is 0 Å². The van der Waals surface area contributed by atoms with Crippen LogP contribution in [0.4, 0.5) is 10.5 Å². The molecule has 0 spiro atoms. The summed E-state index contributed by atoms with van der Waals surface area (Å²) in [4.78, 5) is 14.4. The summed E-state index contributed by atoms with van der Waals surface area (Å²) in [5, 5.41) is 12.9. The van der Waals surface area contributed by atoms with Crippen molar-refractivity contribution in [3.63, 3.8) is 0 Å². The van der Waals surface area contributed by atoms with Crippen molar-refractivity contribution in [2.75, 3.05) is 18.5 Å². The second-order valence-corrected chi connectivity index (χ2v) is 6.25. The van der Waals surface area contributed by atoms with Crippen LogP contribution in [0.2, 0.25) is 0 Å². The van der Waals surface area contributed by atoms with Gasteiger partial charge >= 0.3 is 6.03 Å². The van der Waals surface area contributed by atoms with E-state index in [1.54, 1.807) is 23.1 Å². The van der Waals surface area contributed by atoms with E-state index < -0.39 is 0 Å². The third-order valence-corrected chi connectivity index (χ3v) is 3.70. The van der Waals surface area contributed by atoms with Crippen LogP contribution in [0.25, 0.3) is 0 Å². The summed E-state index contributed by atoms with van der Waals surface area (Å²) in [5.41, 5.74) is 2.30. The first-order chi connectivity index (χ1) is 12.5. The molecular weight excluding hydrogens is 328 g/mol. The van der Waals surface area contributed by atoms with E-state index in [9.17, 15) is 9.90 Å². The van der Waals surface area contributed by atoms with Gasteiger partial charge in [-0.05, 0) is 37.1 Å². The van der Waals surface area contributed by atoms with Gasteiger partial charge in [0.2, 0.25) is 0 Å². The van der Waals surface area contributed by atoms with Gasteiger partial charge in [-0.3, -0.25) is 0 Å². The number of nitrogens with one attached hydrogen (secondary N) is 1. The maximum absolute atomic E-state index is 12.7. The number of carbonyl (C=O) groups excluding carboxylic acids is 1. The number of phenolic OH excluding ortho intramolecular Hbond substituents is 1. The van der Waals surface area contributed by atoms with Crippen LogP contribution >= 0.6 is 0 Å². The van der Waals surface area contributed by atoms with Gasteiger partial charge in [0.25, 0.3) is 0 Å². The highest BCUT2D eigenvalue weighted by atomic mass is 16.5. The van der Waals surface area contributed by atoms with Crippen LogP contribution in [-0.4, -0.2) is 29.2 Å². The van der Waals surface area contributed by atoms with Crippen molar-refractivity contribution in [1.29, 1.82) is 0 Å². The van der Waals surface area contributed by atoms with Gasteiger partial charge in [0, 0.05) is 23.9 Å². The number of hydrogen-bond donors (Lipinski definition) is 2. The minimum absolute atomic E-state index is 0.191. The summed E-state index contributed by atoms with van der Waals surface area (Å²) in [6.45, 7) is 9.09. The number of benzene rings is 2. The predicted octanol–water partition coefficient (Wildman–Crippen LogP) is 4.79. The first-order valence-electron chi connectivity index (χ1n) is 8.69. The average Bonchev–Trinajstić information content (AvgIpc) is 2.61. The molecule has 0 atom stereocenters. The third-order valence-electron chi connectivity index (χ3n) is 3.70. The molecule has 0 bridgehead atoms. The summed E-state index contributed by atoms with van der Waals surface area (Å²) < 4.78 is 5.61. The van der Waals surface area contributed by atoms with Crippen molar-refractivity contribution < 1.29 is 14.6 Å². The number of carbonyl (C=O) groups is 1. The van der Waals surface area contributed by atoms with Gasteiger partial charge in [-0.1, -0.05) is 37.8 Å². The topological polar surface area (TPSA) is 61.8 Å². The second kappa shape index (κ2) is 9.51. The van der Waals surface area contributed by atoms with Crippen molar-refractivity contribution >= 4 is 11.7 Å². The summed E-state index contributed by atoms with van der Waals surface area (Å²) in [6, 6.07) is 14.1. The molecule has 0 aliphatic heterocycles. The largest absolute Gasteiger partial charge is 0.508 e. The van der Waals surface area contributed by atoms with Gasteiger partial charge < -0.3 is 20.1 Å². The Kier molecular flexibility index (Phi) is 7.09. The van der Waals surface area contributed by atoms with Crippen molar-refractivity contribution in [2.24, 2.45) is 0 Å². The Labute approximate surface area is 154 Å². The number of hydrogen-bond acceptors (Lipinski definition) is 3. The Hall–Kier alpha value is -2.95. The summed E-state index contributed by atoms with van der Waals surface area (Å²) in [5.74, 6) is 0.866. The van der Waals surface area contributed by atoms with E-state index in [1.807, 2.05) is 44.2 Å². The smallest absolute Gasteiger partial charge is 0.322 e. The average molecular weight is 354 g/mol. The zero-order chi connectivity index (χ0) is 18.9. The molecule has 5 heteroatoms. The standard InChI is InChI=1S/C21H26N2O3/c1-4-12-23(14-17-8-5-6-11-20(17)24)21(25)22-18-9-7-10-19(13-18)26-15-16(2)3/h5-11,13,24H,2,4,12,14-15H2,1,3H3,(H,22,25). The maximum Gasteiger partial charge on any atom is 0.322 e. The van der Waals surface area contributed by atoms with Crippen LogP contribution in [-0.2, 0) is 6.54 Å². The highest BCUT2D eigenvalue weighted by Crippen LogP contribution is 2.21. The second-order valence-electron chi connectivity index (χ2n) is 6.25. The Morgan fingerprint density at radius 2 is 2.00 bits per heavy atom. The molecule has 0 unspecified atom stereocenters. The summed E-state index contributed by atoms with van der Waals surface area (Å²) >= 11 is 0. The molecule has 0 saturated heterocycles. The van der Waals surface area contributed by atoms with E-state index in [1.165, 1.54) is 0 Å². The molecule has 0 aliphatic rings. The Bertz CT molecular complexity index is 758. The number of rotatable bonds is 8. The third kappa shape index (κ3) is 5.84. The minimum atomic E-state index is -0.216. The molecule has 0 fully saturated rings. The number of urea groups is 1. The fourth-order valence-electron chi connectivity index (χ4n) is 2.45. The molecule has 0 saturated carbocycles. The van der Waals surface area contributed by atoms with Crippen LogP contribution in [0.1, 0.15) is 25.8 Å². The number of amides is 2. The van der Waals surface area contributed by atoms with Crippen LogP contribution in [0, 0.1) is 0 Å². The van der Waals surface area contributed by atoms with Crippen LogP contribution in [0.15, 0.2) is 60.7 Å². The lowest BCUT2D eigenvalue weighted by Gasteiger charge is -2.23. The Balaban J connectivity index is 2.06. The summed E-state index contributed by atoms with van der Waals surface area (Å²) in [6.07, 6.45) is 0.822. The fraction of sp³-hybridized carbons (Fsp3) is 0.286. The van der Waals surface area contributed by atoms with Gasteiger partial charge in [0.15, 0.2) is 0 Å². The lowest BCUT2D eigenvalue weighted by molar-refractivity contribution is 0.208. The molecule has 138 valence electrons. The molecule has 2 aromatic rings. The van der Waals surface area contributed by atoms with Crippen LogP contribution in [0.5, 0.6) is 11.5 Å². The molecule has 2 aromatic carbocycles. The van der Waals surface area contributed by atoms with Gasteiger partial charge in [-0.15, -0.1) is 0 Å². The Morgan fingerprint density at radius 1 is 1.23 bits per heavy atom. The van der Waals surface area contributed by atoms with Crippen molar-refractivity contribution in [2.45, 2.75) is 26.8 Å². The van der Waals surface area contributed by atoms with Crippen LogP contribution in [0.3, 0.4) is 0 Å². The van der Waals surface area contributed by atoms with Gasteiger partial charge in [-0.25, -0.2) is 4.79 Å². The summed E-state index contributed by atoms with van der Waals surface area (Å²) in [7, 11) is 0. The van der Waals surface area contributed by atoms with E-state index in [0.29, 0.717) is 31.1 Å². The van der Waals surface area contributed by atoms with E-state index in [4.69, 9.17) is 4.74 Å². The quantitative estimate of drug-likeness (QED) is 0.670. The van der Waals surface area contributed by atoms with Crippen molar-refractivity contribution in [1.82, 2.24) is 4.90 Å². The molecule has 26 heavy (non-hydrogen) atoms. The van der Waals surface area contributed by atoms with Gasteiger partial charge in [-0.2, -0.15) is 0 Å². The zero-order valence-corrected chi connectivity index (χ0v) is 15.4. The first-order valence-corrected chi connectivity index (χ1v) is 8.69. The lowest BCUT2D eigenvalue weighted by Crippen LogP contribution is -2.35. The van der Waals surface area contributed by atoms with Gasteiger partial charge in [0.05, 0.1) is 6.54 Å². The molecule has 2 rings (SSSR count). The van der Waals surface area contributed by atoms with Gasteiger partial charge in [0.1, 0.15) is 18.1 Å². The highest BCUT2D eigenvalue weighted by Gasteiger charge is 2.15. The molecule has 2 N–H and O–H groups in total. The number of nitrogens with zero attached hydrogens (tertiary/aromatic N) is 1. The fourth-order valence-corrected chi connectivity index (χ4v) is 2.45.